The molecule has 7 heteroatoms. The Balaban J connectivity index is 2.15. The minimum Gasteiger partial charge on any atom is -0.380 e. The molecule has 148 valence electrons. The number of hydrogen-bond donors (Lipinski definition) is 1. The standard InChI is InChI=1S/C22H19FN2O3S/c1-4-14-7-5-8-15(11-14)25(12-19(26)24-2)22(27)21-16(13-28-3)20-17(23)9-6-10-18(20)29-21/h1,5-11H,12-13H2,2-3H3,(H,24,26). The Kier molecular flexibility index (Phi) is 6.27. The molecule has 0 saturated carbocycles. The molecule has 0 fully saturated rings. The number of benzene rings is 2. The van der Waals surface area contributed by atoms with E-state index in [1.54, 1.807) is 36.4 Å². The van der Waals surface area contributed by atoms with Crippen molar-refractivity contribution in [3.05, 3.63) is 64.3 Å². The third-order valence-corrected chi connectivity index (χ3v) is 5.58. The van der Waals surface area contributed by atoms with Crippen molar-refractivity contribution in [1.29, 1.82) is 0 Å². The molecule has 5 nitrogen and oxygen atoms in total. The number of amides is 2. The first-order chi connectivity index (χ1) is 14.0. The van der Waals surface area contributed by atoms with Crippen LogP contribution in [0.2, 0.25) is 0 Å². The van der Waals surface area contributed by atoms with Crippen molar-refractivity contribution in [3.63, 3.8) is 0 Å². The number of nitrogens with zero attached hydrogens (tertiary/aromatic N) is 1. The summed E-state index contributed by atoms with van der Waals surface area (Å²) in [4.78, 5) is 27.3. The van der Waals surface area contributed by atoms with Gasteiger partial charge in [0, 0.05) is 41.1 Å². The Labute approximate surface area is 172 Å². The minimum atomic E-state index is -0.421. The summed E-state index contributed by atoms with van der Waals surface area (Å²) >= 11 is 1.17. The Morgan fingerprint density at radius 2 is 2.03 bits per heavy atom. The number of hydrogen-bond acceptors (Lipinski definition) is 4. The molecule has 0 spiro atoms. The monoisotopic (exact) mass is 410 g/mol. The fraction of sp³-hybridized carbons (Fsp3) is 0.182. The number of thiophene rings is 1. The minimum absolute atomic E-state index is 0.0697. The molecule has 0 atom stereocenters. The van der Waals surface area contributed by atoms with Gasteiger partial charge >= 0.3 is 0 Å². The third-order valence-electron chi connectivity index (χ3n) is 4.40. The molecule has 0 aliphatic heterocycles. The highest BCUT2D eigenvalue weighted by molar-refractivity contribution is 7.21. The van der Waals surface area contributed by atoms with Crippen LogP contribution in [0.1, 0.15) is 20.8 Å². The van der Waals surface area contributed by atoms with Gasteiger partial charge in [-0.1, -0.05) is 18.1 Å². The lowest BCUT2D eigenvalue weighted by atomic mass is 10.1. The topological polar surface area (TPSA) is 58.6 Å². The van der Waals surface area contributed by atoms with Crippen LogP contribution in [-0.2, 0) is 16.1 Å². The number of carbonyl (C=O) groups is 2. The average molecular weight is 410 g/mol. The van der Waals surface area contributed by atoms with E-state index in [1.807, 2.05) is 0 Å². The molecular weight excluding hydrogens is 391 g/mol. The van der Waals surface area contributed by atoms with Crippen LogP contribution in [-0.4, -0.2) is 32.5 Å². The van der Waals surface area contributed by atoms with Gasteiger partial charge in [0.15, 0.2) is 0 Å². The van der Waals surface area contributed by atoms with Gasteiger partial charge in [-0.3, -0.25) is 14.5 Å². The van der Waals surface area contributed by atoms with Crippen LogP contribution in [0.4, 0.5) is 10.1 Å². The summed E-state index contributed by atoms with van der Waals surface area (Å²) in [5, 5.41) is 2.88. The van der Waals surface area contributed by atoms with E-state index < -0.39 is 11.7 Å². The molecule has 1 N–H and O–H groups in total. The number of methoxy groups -OCH3 is 1. The number of rotatable bonds is 6. The molecule has 3 rings (SSSR count). The lowest BCUT2D eigenvalue weighted by Gasteiger charge is -2.22. The molecule has 0 radical (unpaired) electrons. The highest BCUT2D eigenvalue weighted by Gasteiger charge is 2.27. The number of likely N-dealkylation sites (N-methyl/N-ethyl adjacent to an activating group) is 1. The van der Waals surface area contributed by atoms with Crippen molar-refractivity contribution in [3.8, 4) is 12.3 Å². The smallest absolute Gasteiger partial charge is 0.269 e. The number of ether oxygens (including phenoxy) is 1. The highest BCUT2D eigenvalue weighted by atomic mass is 32.1. The Morgan fingerprint density at radius 1 is 1.28 bits per heavy atom. The average Bonchev–Trinajstić information content (AvgIpc) is 3.11. The first-order valence-corrected chi connectivity index (χ1v) is 9.59. The fourth-order valence-corrected chi connectivity index (χ4v) is 4.18. The first kappa shape index (κ1) is 20.5. The number of fused-ring (bicyclic) bond motifs is 1. The summed E-state index contributed by atoms with van der Waals surface area (Å²) in [7, 11) is 2.98. The van der Waals surface area contributed by atoms with E-state index in [1.165, 1.54) is 36.5 Å². The van der Waals surface area contributed by atoms with E-state index >= 15 is 0 Å². The van der Waals surface area contributed by atoms with Gasteiger partial charge in [0.1, 0.15) is 12.4 Å². The zero-order valence-electron chi connectivity index (χ0n) is 16.0. The maximum atomic E-state index is 14.5. The zero-order chi connectivity index (χ0) is 21.0. The second-order valence-corrected chi connectivity index (χ2v) is 7.27. The zero-order valence-corrected chi connectivity index (χ0v) is 16.8. The van der Waals surface area contributed by atoms with Crippen LogP contribution in [0.25, 0.3) is 10.1 Å². The second kappa shape index (κ2) is 8.86. The van der Waals surface area contributed by atoms with Gasteiger partial charge in [0.05, 0.1) is 11.5 Å². The predicted octanol–water partition coefficient (Wildman–Crippen LogP) is 3.56. The number of nitrogens with one attached hydrogen (secondary N) is 1. The normalized spacial score (nSPS) is 10.6. The van der Waals surface area contributed by atoms with Gasteiger partial charge < -0.3 is 10.1 Å². The van der Waals surface area contributed by atoms with Gasteiger partial charge in [-0.15, -0.1) is 17.8 Å². The Morgan fingerprint density at radius 3 is 2.72 bits per heavy atom. The van der Waals surface area contributed by atoms with Crippen LogP contribution >= 0.6 is 11.3 Å². The lowest BCUT2D eigenvalue weighted by molar-refractivity contribution is -0.119. The number of anilines is 1. The van der Waals surface area contributed by atoms with E-state index in [-0.39, 0.29) is 19.1 Å². The van der Waals surface area contributed by atoms with Crippen molar-refractivity contribution in [2.24, 2.45) is 0 Å². The molecular formula is C22H19FN2O3S. The van der Waals surface area contributed by atoms with Gasteiger partial charge in [0.2, 0.25) is 5.91 Å². The molecule has 0 unspecified atom stereocenters. The number of terminal acetylenes is 1. The fourth-order valence-electron chi connectivity index (χ4n) is 3.01. The largest absolute Gasteiger partial charge is 0.380 e. The van der Waals surface area contributed by atoms with E-state index in [2.05, 4.69) is 11.2 Å². The van der Waals surface area contributed by atoms with Crippen molar-refractivity contribution in [2.45, 2.75) is 6.61 Å². The van der Waals surface area contributed by atoms with Crippen LogP contribution in [0, 0.1) is 18.2 Å². The molecule has 1 aromatic heterocycles. The number of carbonyl (C=O) groups excluding carboxylic acids is 2. The van der Waals surface area contributed by atoms with E-state index in [0.29, 0.717) is 31.8 Å². The summed E-state index contributed by atoms with van der Waals surface area (Å²) in [5.41, 5.74) is 1.53. The molecule has 0 saturated heterocycles. The van der Waals surface area contributed by atoms with Crippen LogP contribution < -0.4 is 10.2 Å². The molecule has 0 bridgehead atoms. The Bertz CT molecular complexity index is 1120. The van der Waals surface area contributed by atoms with Gasteiger partial charge in [-0.25, -0.2) is 4.39 Å². The molecule has 29 heavy (non-hydrogen) atoms. The molecule has 0 aliphatic rings. The molecule has 0 aliphatic carbocycles. The molecule has 2 aromatic carbocycles. The Hall–Kier alpha value is -3.21. The summed E-state index contributed by atoms with van der Waals surface area (Å²) in [5.74, 6) is 1.34. The second-order valence-electron chi connectivity index (χ2n) is 6.21. The quantitative estimate of drug-likeness (QED) is 0.632. The molecule has 2 amide bonds. The van der Waals surface area contributed by atoms with Gasteiger partial charge in [0.25, 0.3) is 5.91 Å². The van der Waals surface area contributed by atoms with Crippen LogP contribution in [0.3, 0.4) is 0 Å². The maximum Gasteiger partial charge on any atom is 0.269 e. The predicted molar refractivity (Wildman–Crippen MR) is 113 cm³/mol. The summed E-state index contributed by atoms with van der Waals surface area (Å²) in [6.45, 7) is -0.132. The summed E-state index contributed by atoms with van der Waals surface area (Å²) in [6.07, 6.45) is 5.48. The first-order valence-electron chi connectivity index (χ1n) is 8.78. The van der Waals surface area contributed by atoms with Crippen LogP contribution in [0.15, 0.2) is 42.5 Å². The summed E-state index contributed by atoms with van der Waals surface area (Å²) < 4.78 is 20.3. The maximum absolute atomic E-state index is 14.5. The van der Waals surface area contributed by atoms with E-state index in [9.17, 15) is 14.0 Å². The van der Waals surface area contributed by atoms with E-state index in [4.69, 9.17) is 11.2 Å². The highest BCUT2D eigenvalue weighted by Crippen LogP contribution is 2.35. The lowest BCUT2D eigenvalue weighted by Crippen LogP contribution is -2.39. The van der Waals surface area contributed by atoms with Crippen LogP contribution in [0.5, 0.6) is 0 Å². The molecule has 3 aromatic rings. The van der Waals surface area contributed by atoms with Crippen molar-refractivity contribution >= 4 is 38.9 Å². The molecule has 1 heterocycles. The van der Waals surface area contributed by atoms with Crippen molar-refractivity contribution < 1.29 is 18.7 Å². The SMILES string of the molecule is C#Cc1cccc(N(CC(=O)NC)C(=O)c2sc3cccc(F)c3c2COC)c1. The van der Waals surface area contributed by atoms with Crippen molar-refractivity contribution in [1.82, 2.24) is 5.32 Å². The van der Waals surface area contributed by atoms with Gasteiger partial charge in [-0.2, -0.15) is 0 Å². The van der Waals surface area contributed by atoms with E-state index in [0.717, 1.165) is 0 Å². The van der Waals surface area contributed by atoms with Crippen molar-refractivity contribution in [2.75, 3.05) is 25.6 Å². The summed E-state index contributed by atoms with van der Waals surface area (Å²) in [6, 6.07) is 11.5. The third kappa shape index (κ3) is 4.14. The number of halogens is 1. The van der Waals surface area contributed by atoms with Gasteiger partial charge in [-0.05, 0) is 30.3 Å².